The highest BCUT2D eigenvalue weighted by molar-refractivity contribution is 7.07. The molecule has 5 rings (SSSR count). The first-order valence-electron chi connectivity index (χ1n) is 6.76. The van der Waals surface area contributed by atoms with E-state index in [-0.39, 0.29) is 26.0 Å². The molecule has 3 aliphatic rings. The van der Waals surface area contributed by atoms with Gasteiger partial charge in [-0.15, -0.1) is 21.5 Å². The molecule has 2 aromatic rings. The number of thiazole rings is 1. The SMILES string of the molecule is CCOC(=O)C12CC(F)(Cn3c(-c4cscn4)nnc31)C2. The summed E-state index contributed by atoms with van der Waals surface area (Å²) >= 11 is 1.44. The predicted octanol–water partition coefficient (Wildman–Crippen LogP) is 1.72. The number of halogens is 1. The highest BCUT2D eigenvalue weighted by atomic mass is 32.1. The molecule has 110 valence electrons. The van der Waals surface area contributed by atoms with Crippen molar-refractivity contribution in [2.24, 2.45) is 0 Å². The Hall–Kier alpha value is -1.83. The van der Waals surface area contributed by atoms with Gasteiger partial charge in [-0.1, -0.05) is 0 Å². The average molecular weight is 308 g/mol. The fraction of sp³-hybridized carbons (Fsp3) is 0.538. The first-order chi connectivity index (χ1) is 10.1. The Bertz CT molecular complexity index is 706. The lowest BCUT2D eigenvalue weighted by molar-refractivity contribution is -0.168. The van der Waals surface area contributed by atoms with Crippen LogP contribution in [0.2, 0.25) is 0 Å². The molecule has 0 aromatic carbocycles. The number of hydrogen-bond acceptors (Lipinski definition) is 6. The van der Waals surface area contributed by atoms with Crippen molar-refractivity contribution in [1.29, 1.82) is 0 Å². The molecule has 0 spiro atoms. The van der Waals surface area contributed by atoms with Gasteiger partial charge in [0.1, 0.15) is 16.8 Å². The minimum absolute atomic E-state index is 0.133. The zero-order chi connectivity index (χ0) is 14.7. The van der Waals surface area contributed by atoms with Crippen LogP contribution in [0.15, 0.2) is 10.9 Å². The smallest absolute Gasteiger partial charge is 0.320 e. The number of ether oxygens (including phenoxy) is 1. The molecule has 1 aliphatic carbocycles. The number of aromatic nitrogens is 4. The van der Waals surface area contributed by atoms with Crippen LogP contribution in [0.1, 0.15) is 25.6 Å². The van der Waals surface area contributed by atoms with Crippen LogP contribution in [-0.4, -0.2) is 38.0 Å². The van der Waals surface area contributed by atoms with Crippen molar-refractivity contribution in [3.8, 4) is 11.5 Å². The number of carbonyl (C=O) groups is 1. The molecular formula is C13H13FN4O2S. The van der Waals surface area contributed by atoms with E-state index in [4.69, 9.17) is 4.74 Å². The lowest BCUT2D eigenvalue weighted by Crippen LogP contribution is -2.63. The molecule has 0 amide bonds. The number of alkyl halides is 1. The Morgan fingerprint density at radius 1 is 1.52 bits per heavy atom. The van der Waals surface area contributed by atoms with Crippen molar-refractivity contribution in [3.63, 3.8) is 0 Å². The fourth-order valence-corrected chi connectivity index (χ4v) is 3.94. The Kier molecular flexibility index (Phi) is 2.51. The molecule has 2 aromatic heterocycles. The summed E-state index contributed by atoms with van der Waals surface area (Å²) in [7, 11) is 0. The van der Waals surface area contributed by atoms with Crippen LogP contribution < -0.4 is 0 Å². The molecule has 2 aliphatic heterocycles. The van der Waals surface area contributed by atoms with Gasteiger partial charge in [0.15, 0.2) is 11.6 Å². The van der Waals surface area contributed by atoms with E-state index >= 15 is 0 Å². The number of carbonyl (C=O) groups excluding carboxylic acids is 1. The molecule has 1 saturated carbocycles. The van der Waals surface area contributed by atoms with Gasteiger partial charge in [-0.05, 0) is 6.92 Å². The van der Waals surface area contributed by atoms with Gasteiger partial charge >= 0.3 is 5.97 Å². The Morgan fingerprint density at radius 3 is 3.00 bits per heavy atom. The maximum absolute atomic E-state index is 14.7. The van der Waals surface area contributed by atoms with Crippen LogP contribution in [0, 0.1) is 0 Å². The molecule has 21 heavy (non-hydrogen) atoms. The average Bonchev–Trinajstić information content (AvgIpc) is 3.04. The summed E-state index contributed by atoms with van der Waals surface area (Å²) in [5.41, 5.74) is -0.0213. The molecule has 2 bridgehead atoms. The summed E-state index contributed by atoms with van der Waals surface area (Å²) in [6.07, 6.45) is 0.266. The fourth-order valence-electron chi connectivity index (χ4n) is 3.41. The van der Waals surface area contributed by atoms with Crippen LogP contribution in [0.4, 0.5) is 4.39 Å². The van der Waals surface area contributed by atoms with Gasteiger partial charge in [0.05, 0.1) is 18.7 Å². The third-order valence-corrected chi connectivity index (χ3v) is 4.77. The zero-order valence-corrected chi connectivity index (χ0v) is 12.2. The monoisotopic (exact) mass is 308 g/mol. The summed E-state index contributed by atoms with van der Waals surface area (Å²) in [6.45, 7) is 2.18. The summed E-state index contributed by atoms with van der Waals surface area (Å²) in [6, 6.07) is 0. The van der Waals surface area contributed by atoms with Crippen molar-refractivity contribution >= 4 is 17.3 Å². The van der Waals surface area contributed by atoms with Gasteiger partial charge in [-0.3, -0.25) is 4.79 Å². The topological polar surface area (TPSA) is 69.9 Å². The van der Waals surface area contributed by atoms with Gasteiger partial charge in [0.2, 0.25) is 0 Å². The van der Waals surface area contributed by atoms with Gasteiger partial charge in [-0.2, -0.15) is 0 Å². The standard InChI is InChI=1S/C13H13FN4O2S/c1-2-20-11(19)13-4-12(14,5-13)6-18-9(16-17-10(13)18)8-3-21-7-15-8/h3,7H,2,4-6H2,1H3. The summed E-state index contributed by atoms with van der Waals surface area (Å²) in [5, 5.41) is 10.1. The minimum atomic E-state index is -1.38. The normalized spacial score (nSPS) is 29.6. The van der Waals surface area contributed by atoms with Crippen LogP contribution in [0.5, 0.6) is 0 Å². The summed E-state index contributed by atoms with van der Waals surface area (Å²) in [4.78, 5) is 16.5. The van der Waals surface area contributed by atoms with E-state index in [1.807, 2.05) is 5.38 Å². The van der Waals surface area contributed by atoms with Crippen LogP contribution in [0.25, 0.3) is 11.5 Å². The molecular weight excluding hydrogens is 295 g/mol. The van der Waals surface area contributed by atoms with Crippen LogP contribution in [0.3, 0.4) is 0 Å². The summed E-state index contributed by atoms with van der Waals surface area (Å²) in [5.74, 6) is 0.612. The molecule has 0 unspecified atom stereocenters. The maximum Gasteiger partial charge on any atom is 0.320 e. The van der Waals surface area contributed by atoms with E-state index in [1.54, 1.807) is 17.0 Å². The highest BCUT2D eigenvalue weighted by Gasteiger charge is 2.67. The second-order valence-electron chi connectivity index (χ2n) is 5.61. The Labute approximate surface area is 124 Å². The van der Waals surface area contributed by atoms with Crippen LogP contribution >= 0.6 is 11.3 Å². The van der Waals surface area contributed by atoms with E-state index in [9.17, 15) is 9.18 Å². The van der Waals surface area contributed by atoms with Gasteiger partial charge < -0.3 is 9.30 Å². The third-order valence-electron chi connectivity index (χ3n) is 4.19. The second kappa shape index (κ2) is 4.09. The third kappa shape index (κ3) is 1.62. The van der Waals surface area contributed by atoms with Gasteiger partial charge in [-0.25, -0.2) is 9.37 Å². The van der Waals surface area contributed by atoms with Crippen LogP contribution in [-0.2, 0) is 21.5 Å². The predicted molar refractivity (Wildman–Crippen MR) is 72.5 cm³/mol. The lowest BCUT2D eigenvalue weighted by Gasteiger charge is -2.53. The van der Waals surface area contributed by atoms with E-state index < -0.39 is 17.1 Å². The number of rotatable bonds is 3. The van der Waals surface area contributed by atoms with Crippen molar-refractivity contribution in [2.75, 3.05) is 6.61 Å². The van der Waals surface area contributed by atoms with E-state index in [1.165, 1.54) is 11.3 Å². The molecule has 1 fully saturated rings. The molecule has 0 radical (unpaired) electrons. The van der Waals surface area contributed by atoms with Crippen molar-refractivity contribution < 1.29 is 13.9 Å². The van der Waals surface area contributed by atoms with Crippen molar-refractivity contribution in [2.45, 2.75) is 37.4 Å². The van der Waals surface area contributed by atoms with Gasteiger partial charge in [0, 0.05) is 18.2 Å². The quantitative estimate of drug-likeness (QED) is 0.808. The van der Waals surface area contributed by atoms with Crippen molar-refractivity contribution in [3.05, 3.63) is 16.7 Å². The number of nitrogens with zero attached hydrogens (tertiary/aromatic N) is 4. The lowest BCUT2D eigenvalue weighted by atomic mass is 9.57. The van der Waals surface area contributed by atoms with E-state index in [2.05, 4.69) is 15.2 Å². The first-order valence-corrected chi connectivity index (χ1v) is 7.71. The van der Waals surface area contributed by atoms with E-state index in [0.29, 0.717) is 17.3 Å². The van der Waals surface area contributed by atoms with E-state index in [0.717, 1.165) is 0 Å². The molecule has 8 heteroatoms. The Balaban J connectivity index is 1.82. The largest absolute Gasteiger partial charge is 0.465 e. The zero-order valence-electron chi connectivity index (χ0n) is 11.4. The number of hydrogen-bond donors (Lipinski definition) is 0. The minimum Gasteiger partial charge on any atom is -0.465 e. The van der Waals surface area contributed by atoms with Crippen molar-refractivity contribution in [1.82, 2.24) is 19.7 Å². The second-order valence-corrected chi connectivity index (χ2v) is 6.33. The van der Waals surface area contributed by atoms with Gasteiger partial charge in [0.25, 0.3) is 0 Å². The number of esters is 1. The molecule has 0 N–H and O–H groups in total. The highest BCUT2D eigenvalue weighted by Crippen LogP contribution is 2.57. The molecule has 4 heterocycles. The Morgan fingerprint density at radius 2 is 2.33 bits per heavy atom. The molecule has 0 saturated heterocycles. The molecule has 0 atom stereocenters. The maximum atomic E-state index is 14.7. The molecule has 6 nitrogen and oxygen atoms in total. The summed E-state index contributed by atoms with van der Waals surface area (Å²) < 4.78 is 21.5. The first kappa shape index (κ1) is 12.9.